The molecule has 0 unspecified atom stereocenters. The molecule has 3 heteroatoms. The number of thiophene rings is 1. The van der Waals surface area contributed by atoms with Crippen molar-refractivity contribution in [1.29, 1.82) is 0 Å². The summed E-state index contributed by atoms with van der Waals surface area (Å²) >= 11 is 1.89. The molecule has 2 aromatic heterocycles. The van der Waals surface area contributed by atoms with Crippen molar-refractivity contribution in [2.45, 2.75) is 0 Å². The van der Waals surface area contributed by atoms with Gasteiger partial charge in [-0.3, -0.25) is 0 Å². The Balaban J connectivity index is 1.11. The van der Waals surface area contributed by atoms with Crippen molar-refractivity contribution >= 4 is 92.1 Å². The van der Waals surface area contributed by atoms with Crippen molar-refractivity contribution in [3.8, 4) is 22.3 Å². The van der Waals surface area contributed by atoms with E-state index in [9.17, 15) is 0 Å². The molecule has 2 heterocycles. The molecule has 0 saturated carbocycles. The minimum absolute atomic E-state index is 0.918. The molecule has 0 bridgehead atoms. The molecule has 9 aromatic carbocycles. The van der Waals surface area contributed by atoms with Crippen LogP contribution >= 0.6 is 11.3 Å². The van der Waals surface area contributed by atoms with Gasteiger partial charge in [-0.05, 0) is 69.9 Å². The Morgan fingerprint density at radius 1 is 0.415 bits per heavy atom. The van der Waals surface area contributed by atoms with Gasteiger partial charge in [0.1, 0.15) is 11.2 Å². The lowest BCUT2D eigenvalue weighted by atomic mass is 9.95. The molecular weight excluding hydrogens is 663 g/mol. The smallest absolute Gasteiger partial charge is 0.143 e. The second-order valence-electron chi connectivity index (χ2n) is 13.7. The lowest BCUT2D eigenvalue weighted by Gasteiger charge is -2.27. The lowest BCUT2D eigenvalue weighted by Crippen LogP contribution is -2.10. The van der Waals surface area contributed by atoms with Crippen molar-refractivity contribution in [3.05, 3.63) is 188 Å². The summed E-state index contributed by atoms with van der Waals surface area (Å²) in [5, 5.41) is 9.81. The average Bonchev–Trinajstić information content (AvgIpc) is 3.80. The highest BCUT2D eigenvalue weighted by Gasteiger charge is 2.21. The molecule has 0 fully saturated rings. The van der Waals surface area contributed by atoms with Crippen LogP contribution in [0.4, 0.5) is 17.1 Å². The van der Waals surface area contributed by atoms with E-state index in [1.807, 2.05) is 23.5 Å². The Morgan fingerprint density at radius 3 is 1.92 bits per heavy atom. The van der Waals surface area contributed by atoms with E-state index in [0.29, 0.717) is 0 Å². The van der Waals surface area contributed by atoms with Crippen LogP contribution in [-0.4, -0.2) is 0 Å². The van der Waals surface area contributed by atoms with E-state index in [2.05, 4.69) is 181 Å². The van der Waals surface area contributed by atoms with E-state index in [-0.39, 0.29) is 0 Å². The molecule has 2 nitrogen and oxygen atoms in total. The fraction of sp³-hybridized carbons (Fsp3) is 0. The van der Waals surface area contributed by atoms with Crippen molar-refractivity contribution < 1.29 is 4.42 Å². The van der Waals surface area contributed by atoms with Gasteiger partial charge in [-0.1, -0.05) is 146 Å². The molecule has 0 radical (unpaired) electrons. The van der Waals surface area contributed by atoms with E-state index in [1.54, 1.807) is 0 Å². The van der Waals surface area contributed by atoms with Crippen LogP contribution in [0.5, 0.6) is 0 Å². The average molecular weight is 694 g/mol. The molecular formula is C50H31NOS. The third kappa shape index (κ3) is 4.78. The zero-order chi connectivity index (χ0) is 34.9. The standard InChI is InChI=1S/C50H31NOS/c1-2-14-36(15-3-1)51(37-29-28-32-12-4-5-13-35(32)30-37)45-31-44-48-38(19-11-23-47(48)53-50(44)43-18-7-6-16-40(43)45)33-24-26-34(27-25-33)39-20-10-21-42-41-17-8-9-22-46(41)52-49(39)42/h1-31H. The van der Waals surface area contributed by atoms with E-state index in [4.69, 9.17) is 4.42 Å². The third-order valence-corrected chi connectivity index (χ3v) is 11.8. The number of para-hydroxylation sites is 3. The molecule has 0 amide bonds. The van der Waals surface area contributed by atoms with Crippen LogP contribution in [0.15, 0.2) is 192 Å². The second-order valence-corrected chi connectivity index (χ2v) is 14.7. The number of hydrogen-bond donors (Lipinski definition) is 0. The molecule has 0 atom stereocenters. The Bertz CT molecular complexity index is 3170. The zero-order valence-electron chi connectivity index (χ0n) is 28.7. The van der Waals surface area contributed by atoms with Crippen molar-refractivity contribution in [3.63, 3.8) is 0 Å². The predicted molar refractivity (Wildman–Crippen MR) is 227 cm³/mol. The van der Waals surface area contributed by atoms with Crippen LogP contribution in [0.1, 0.15) is 0 Å². The van der Waals surface area contributed by atoms with Gasteiger partial charge >= 0.3 is 0 Å². The maximum atomic E-state index is 6.40. The normalized spacial score (nSPS) is 11.8. The van der Waals surface area contributed by atoms with E-state index in [1.165, 1.54) is 58.5 Å². The molecule has 11 aromatic rings. The number of benzene rings is 9. The molecule has 0 N–H and O–H groups in total. The van der Waals surface area contributed by atoms with Crippen LogP contribution in [0.2, 0.25) is 0 Å². The monoisotopic (exact) mass is 693 g/mol. The Morgan fingerprint density at radius 2 is 1.08 bits per heavy atom. The summed E-state index contributed by atoms with van der Waals surface area (Å²) in [6.45, 7) is 0. The number of nitrogens with zero attached hydrogens (tertiary/aromatic N) is 1. The third-order valence-electron chi connectivity index (χ3n) is 10.6. The maximum Gasteiger partial charge on any atom is 0.143 e. The first-order valence-electron chi connectivity index (χ1n) is 18.0. The summed E-state index contributed by atoms with van der Waals surface area (Å²) < 4.78 is 8.99. The van der Waals surface area contributed by atoms with Gasteiger partial charge in [-0.25, -0.2) is 0 Å². The van der Waals surface area contributed by atoms with Crippen molar-refractivity contribution in [2.24, 2.45) is 0 Å². The van der Waals surface area contributed by atoms with Gasteiger partial charge in [0.25, 0.3) is 0 Å². The molecule has 0 saturated heterocycles. The van der Waals surface area contributed by atoms with Gasteiger partial charge in [-0.2, -0.15) is 0 Å². The number of anilines is 3. The topological polar surface area (TPSA) is 16.4 Å². The summed E-state index contributed by atoms with van der Waals surface area (Å²) in [7, 11) is 0. The van der Waals surface area contributed by atoms with Crippen LogP contribution in [0.25, 0.3) is 85.9 Å². The van der Waals surface area contributed by atoms with Gasteiger partial charge in [0.15, 0.2) is 0 Å². The van der Waals surface area contributed by atoms with Crippen LogP contribution in [0, 0.1) is 0 Å². The van der Waals surface area contributed by atoms with Crippen LogP contribution in [-0.2, 0) is 0 Å². The quantitative estimate of drug-likeness (QED) is 0.178. The van der Waals surface area contributed by atoms with Crippen molar-refractivity contribution in [2.75, 3.05) is 4.90 Å². The molecule has 0 aliphatic rings. The predicted octanol–water partition coefficient (Wildman–Crippen LogP) is 15.1. The van der Waals surface area contributed by atoms with Crippen molar-refractivity contribution in [1.82, 2.24) is 0 Å². The Kier molecular flexibility index (Phi) is 6.76. The Hall–Kier alpha value is -6.68. The fourth-order valence-electron chi connectivity index (χ4n) is 8.18. The maximum absolute atomic E-state index is 6.40. The highest BCUT2D eigenvalue weighted by atomic mass is 32.1. The Labute approximate surface area is 310 Å². The molecule has 248 valence electrons. The van der Waals surface area contributed by atoms with E-state index in [0.717, 1.165) is 44.4 Å². The van der Waals surface area contributed by atoms with Gasteiger partial charge in [0, 0.05) is 58.7 Å². The van der Waals surface area contributed by atoms with Gasteiger partial charge in [0.2, 0.25) is 0 Å². The first-order valence-corrected chi connectivity index (χ1v) is 18.8. The fourth-order valence-corrected chi connectivity index (χ4v) is 9.43. The van der Waals surface area contributed by atoms with Crippen LogP contribution < -0.4 is 4.90 Å². The minimum atomic E-state index is 0.918. The molecule has 0 spiro atoms. The van der Waals surface area contributed by atoms with Crippen LogP contribution in [0.3, 0.4) is 0 Å². The molecule has 0 aliphatic carbocycles. The summed E-state index contributed by atoms with van der Waals surface area (Å²) in [4.78, 5) is 2.42. The number of rotatable bonds is 5. The first-order chi connectivity index (χ1) is 26.3. The highest BCUT2D eigenvalue weighted by molar-refractivity contribution is 7.26. The molecule has 53 heavy (non-hydrogen) atoms. The number of furan rings is 1. The largest absolute Gasteiger partial charge is 0.455 e. The van der Waals surface area contributed by atoms with Gasteiger partial charge in [0.05, 0.1) is 5.69 Å². The summed E-state index contributed by atoms with van der Waals surface area (Å²) in [6, 6.07) is 67.9. The zero-order valence-corrected chi connectivity index (χ0v) is 29.5. The number of fused-ring (bicyclic) bond motifs is 9. The summed E-state index contributed by atoms with van der Waals surface area (Å²) in [6.07, 6.45) is 0. The van der Waals surface area contributed by atoms with Gasteiger partial charge < -0.3 is 9.32 Å². The molecule has 0 aliphatic heterocycles. The first kappa shape index (κ1) is 30.0. The minimum Gasteiger partial charge on any atom is -0.455 e. The van der Waals surface area contributed by atoms with E-state index < -0.39 is 0 Å². The summed E-state index contributed by atoms with van der Waals surface area (Å²) in [5.41, 5.74) is 9.95. The second kappa shape index (κ2) is 11.9. The lowest BCUT2D eigenvalue weighted by molar-refractivity contribution is 0.670. The SMILES string of the molecule is c1ccc(N(c2ccc3ccccc3c2)c2cc3c(sc4cccc(-c5ccc(-c6cccc7c6oc6ccccc67)cc5)c43)c3ccccc23)cc1. The summed E-state index contributed by atoms with van der Waals surface area (Å²) in [5.74, 6) is 0. The highest BCUT2D eigenvalue weighted by Crippen LogP contribution is 2.48. The van der Waals surface area contributed by atoms with Gasteiger partial charge in [-0.15, -0.1) is 11.3 Å². The van der Waals surface area contributed by atoms with E-state index >= 15 is 0 Å². The number of hydrogen-bond acceptors (Lipinski definition) is 3. The molecule has 11 rings (SSSR count).